The number of carbonyl (C=O) groups is 1. The number of hydrogen-bond donors (Lipinski definition) is 1. The van der Waals surface area contributed by atoms with Gasteiger partial charge in [0.15, 0.2) is 0 Å². The van der Waals surface area contributed by atoms with Crippen LogP contribution in [-0.4, -0.2) is 35.9 Å². The van der Waals surface area contributed by atoms with Crippen LogP contribution in [0.1, 0.15) is 44.1 Å². The van der Waals surface area contributed by atoms with Crippen LogP contribution in [0, 0.1) is 17.8 Å². The third kappa shape index (κ3) is 4.86. The second-order valence-corrected chi connectivity index (χ2v) is 8.48. The summed E-state index contributed by atoms with van der Waals surface area (Å²) >= 11 is 0. The number of nitrogens with zero attached hydrogens (tertiary/aromatic N) is 1. The molecule has 160 valence electrons. The number of hydrogen-bond acceptors (Lipinski definition) is 5. The Morgan fingerprint density at radius 3 is 2.70 bits per heavy atom. The molecule has 0 saturated heterocycles. The molecule has 2 fully saturated rings. The molecule has 2 aromatic rings. The van der Waals surface area contributed by atoms with Crippen LogP contribution in [-0.2, 0) is 4.79 Å². The zero-order valence-electron chi connectivity index (χ0n) is 17.5. The van der Waals surface area contributed by atoms with Crippen molar-refractivity contribution >= 4 is 5.97 Å². The predicted molar refractivity (Wildman–Crippen MR) is 112 cm³/mol. The van der Waals surface area contributed by atoms with Crippen molar-refractivity contribution < 1.29 is 24.1 Å². The van der Waals surface area contributed by atoms with Gasteiger partial charge in [-0.25, -0.2) is 4.98 Å². The zero-order chi connectivity index (χ0) is 21.1. The first-order valence-corrected chi connectivity index (χ1v) is 10.7. The fraction of sp³-hybridized carbons (Fsp3) is 0.500. The van der Waals surface area contributed by atoms with Crippen LogP contribution in [0.5, 0.6) is 17.4 Å². The molecule has 4 rings (SSSR count). The van der Waals surface area contributed by atoms with Crippen molar-refractivity contribution in [2.75, 3.05) is 13.7 Å². The van der Waals surface area contributed by atoms with E-state index in [0.717, 1.165) is 42.7 Å². The minimum atomic E-state index is -0.732. The molecule has 2 aliphatic carbocycles. The van der Waals surface area contributed by atoms with E-state index in [1.165, 1.54) is 0 Å². The molecule has 30 heavy (non-hydrogen) atoms. The summed E-state index contributed by atoms with van der Waals surface area (Å²) in [6, 6.07) is 11.6. The van der Waals surface area contributed by atoms with Gasteiger partial charge < -0.3 is 19.3 Å². The molecule has 6 nitrogen and oxygen atoms in total. The number of ether oxygens (including phenoxy) is 3. The van der Waals surface area contributed by atoms with Gasteiger partial charge in [-0.1, -0.05) is 19.1 Å². The van der Waals surface area contributed by atoms with Gasteiger partial charge >= 0.3 is 5.97 Å². The van der Waals surface area contributed by atoms with Crippen LogP contribution in [0.15, 0.2) is 42.6 Å². The summed E-state index contributed by atoms with van der Waals surface area (Å²) in [6.07, 6.45) is 5.91. The van der Waals surface area contributed by atoms with Crippen molar-refractivity contribution in [2.24, 2.45) is 17.8 Å². The van der Waals surface area contributed by atoms with Crippen LogP contribution in [0.4, 0.5) is 0 Å². The summed E-state index contributed by atoms with van der Waals surface area (Å²) < 4.78 is 17.1. The van der Waals surface area contributed by atoms with Crippen molar-refractivity contribution in [1.29, 1.82) is 0 Å². The summed E-state index contributed by atoms with van der Waals surface area (Å²) in [5.41, 5.74) is 1.07. The normalized spacial score (nSPS) is 22.5. The van der Waals surface area contributed by atoms with Gasteiger partial charge in [-0.2, -0.15) is 0 Å². The van der Waals surface area contributed by atoms with Gasteiger partial charge in [-0.15, -0.1) is 0 Å². The number of aliphatic carboxylic acids is 1. The molecule has 1 N–H and O–H groups in total. The molecule has 2 saturated carbocycles. The van der Waals surface area contributed by atoms with Crippen molar-refractivity contribution in [2.45, 2.75) is 44.6 Å². The maximum atomic E-state index is 11.5. The molecular formula is C24H29NO5. The minimum absolute atomic E-state index is 0.0582. The highest BCUT2D eigenvalue weighted by Crippen LogP contribution is 2.47. The maximum absolute atomic E-state index is 11.5. The number of benzene rings is 1. The van der Waals surface area contributed by atoms with Gasteiger partial charge in [-0.05, 0) is 67.2 Å². The van der Waals surface area contributed by atoms with Gasteiger partial charge in [-0.3, -0.25) is 4.79 Å². The lowest BCUT2D eigenvalue weighted by Crippen LogP contribution is -2.37. The molecule has 0 radical (unpaired) electrons. The topological polar surface area (TPSA) is 77.9 Å². The van der Waals surface area contributed by atoms with Crippen molar-refractivity contribution in [3.05, 3.63) is 48.2 Å². The molecule has 0 bridgehead atoms. The lowest BCUT2D eigenvalue weighted by molar-refractivity contribution is -0.142. The Bertz CT molecular complexity index is 875. The standard InChI is InChI=1S/C24H29NO5/c1-15(24(26)27)23(17-6-7-17)18-4-3-5-20(12-18)29-14-16-10-21(11-16)30-22-13-19(28-2)8-9-25-22/h3-5,8-9,12-13,15-17,21,23H,6-7,10-11,14H2,1-2H3,(H,26,27)/t15-,16?,21?,23-/m0/s1. The molecule has 2 atom stereocenters. The molecule has 1 heterocycles. The average molecular weight is 411 g/mol. The fourth-order valence-electron chi connectivity index (χ4n) is 4.26. The molecule has 0 aliphatic heterocycles. The highest BCUT2D eigenvalue weighted by Gasteiger charge is 2.38. The van der Waals surface area contributed by atoms with Crippen LogP contribution in [0.3, 0.4) is 0 Å². The largest absolute Gasteiger partial charge is 0.497 e. The second-order valence-electron chi connectivity index (χ2n) is 8.48. The fourth-order valence-corrected chi connectivity index (χ4v) is 4.26. The SMILES string of the molecule is COc1ccnc(OC2CC(COc3cccc([C@H](C4CC4)[C@H](C)C(=O)O)c3)C2)c1. The molecular weight excluding hydrogens is 382 g/mol. The third-order valence-corrected chi connectivity index (χ3v) is 6.21. The summed E-state index contributed by atoms with van der Waals surface area (Å²) in [7, 11) is 1.63. The van der Waals surface area contributed by atoms with E-state index < -0.39 is 5.97 Å². The molecule has 1 aromatic heterocycles. The smallest absolute Gasteiger partial charge is 0.306 e. The Balaban J connectivity index is 1.28. The van der Waals surface area contributed by atoms with Crippen molar-refractivity contribution in [3.8, 4) is 17.4 Å². The molecule has 2 aliphatic rings. The molecule has 0 amide bonds. The second kappa shape index (κ2) is 8.94. The van der Waals surface area contributed by atoms with Crippen LogP contribution < -0.4 is 14.2 Å². The Labute approximate surface area is 177 Å². The Morgan fingerprint density at radius 1 is 1.20 bits per heavy atom. The predicted octanol–water partition coefficient (Wildman–Crippen LogP) is 4.54. The van der Waals surface area contributed by atoms with Crippen molar-refractivity contribution in [3.63, 3.8) is 0 Å². The summed E-state index contributed by atoms with van der Waals surface area (Å²) in [5.74, 6) is 2.00. The first kappa shape index (κ1) is 20.5. The number of pyridine rings is 1. The van der Waals surface area contributed by atoms with E-state index in [1.54, 1.807) is 25.4 Å². The zero-order valence-corrected chi connectivity index (χ0v) is 17.5. The van der Waals surface area contributed by atoms with Gasteiger partial charge in [0.25, 0.3) is 0 Å². The first-order valence-electron chi connectivity index (χ1n) is 10.7. The number of methoxy groups -OCH3 is 1. The summed E-state index contributed by atoms with van der Waals surface area (Å²) in [5, 5.41) is 9.48. The van der Waals surface area contributed by atoms with Crippen LogP contribution in [0.2, 0.25) is 0 Å². The summed E-state index contributed by atoms with van der Waals surface area (Å²) in [4.78, 5) is 15.8. The van der Waals surface area contributed by atoms with E-state index in [2.05, 4.69) is 4.98 Å². The van der Waals surface area contributed by atoms with E-state index in [4.69, 9.17) is 14.2 Å². The maximum Gasteiger partial charge on any atom is 0.306 e. The molecule has 1 aromatic carbocycles. The van der Waals surface area contributed by atoms with Gasteiger partial charge in [0, 0.05) is 12.3 Å². The van der Waals surface area contributed by atoms with Crippen molar-refractivity contribution in [1.82, 2.24) is 4.98 Å². The van der Waals surface area contributed by atoms with Gasteiger partial charge in [0.1, 0.15) is 17.6 Å². The van der Waals surface area contributed by atoms with E-state index in [0.29, 0.717) is 24.3 Å². The monoisotopic (exact) mass is 411 g/mol. The highest BCUT2D eigenvalue weighted by molar-refractivity contribution is 5.71. The lowest BCUT2D eigenvalue weighted by Gasteiger charge is -2.34. The van der Waals surface area contributed by atoms with E-state index in [-0.39, 0.29) is 17.9 Å². The van der Waals surface area contributed by atoms with E-state index in [9.17, 15) is 9.90 Å². The van der Waals surface area contributed by atoms with Crippen LogP contribution in [0.25, 0.3) is 0 Å². The lowest BCUT2D eigenvalue weighted by atomic mass is 9.82. The highest BCUT2D eigenvalue weighted by atomic mass is 16.5. The van der Waals surface area contributed by atoms with Crippen LogP contribution >= 0.6 is 0 Å². The average Bonchev–Trinajstić information content (AvgIpc) is 3.55. The molecule has 6 heteroatoms. The first-order chi connectivity index (χ1) is 14.5. The number of rotatable bonds is 10. The van der Waals surface area contributed by atoms with Gasteiger partial charge in [0.05, 0.1) is 19.6 Å². The minimum Gasteiger partial charge on any atom is -0.497 e. The summed E-state index contributed by atoms with van der Waals surface area (Å²) in [6.45, 7) is 2.45. The Morgan fingerprint density at radius 2 is 2.00 bits per heavy atom. The number of aromatic nitrogens is 1. The molecule has 0 spiro atoms. The number of carboxylic acids is 1. The third-order valence-electron chi connectivity index (χ3n) is 6.21. The van der Waals surface area contributed by atoms with E-state index in [1.807, 2.05) is 31.2 Å². The quantitative estimate of drug-likeness (QED) is 0.618. The Hall–Kier alpha value is -2.76. The van der Waals surface area contributed by atoms with E-state index >= 15 is 0 Å². The number of carboxylic acid groups (broad SMARTS) is 1. The molecule has 0 unspecified atom stereocenters. The van der Waals surface area contributed by atoms with Gasteiger partial charge in [0.2, 0.25) is 5.88 Å². The Kier molecular flexibility index (Phi) is 6.11.